The van der Waals surface area contributed by atoms with Gasteiger partial charge >= 0.3 is 0 Å². The zero-order valence-corrected chi connectivity index (χ0v) is 13.5. The Morgan fingerprint density at radius 2 is 2.00 bits per heavy atom. The normalized spacial score (nSPS) is 24.2. The van der Waals surface area contributed by atoms with Crippen LogP contribution in [0.5, 0.6) is 0 Å². The summed E-state index contributed by atoms with van der Waals surface area (Å²) in [5.74, 6) is 0.597. The van der Waals surface area contributed by atoms with E-state index in [9.17, 15) is 9.59 Å². The fourth-order valence-electron chi connectivity index (χ4n) is 3.61. The number of amides is 2. The molecule has 1 heterocycles. The van der Waals surface area contributed by atoms with Crippen LogP contribution in [-0.4, -0.2) is 35.8 Å². The molecule has 0 radical (unpaired) electrons. The number of likely N-dealkylation sites (tertiary alicyclic amines) is 1. The Bertz CT molecular complexity index is 570. The first-order valence-corrected chi connectivity index (χ1v) is 8.55. The van der Waals surface area contributed by atoms with Crippen LogP contribution in [0.15, 0.2) is 24.3 Å². The Labute approximate surface area is 137 Å². The molecule has 0 spiro atoms. The molecule has 3 N–H and O–H groups in total. The van der Waals surface area contributed by atoms with Crippen LogP contribution in [0.1, 0.15) is 48.0 Å². The highest BCUT2D eigenvalue weighted by molar-refractivity contribution is 5.94. The molecule has 2 fully saturated rings. The summed E-state index contributed by atoms with van der Waals surface area (Å²) in [6.45, 7) is 2.11. The molecule has 2 atom stereocenters. The van der Waals surface area contributed by atoms with Crippen molar-refractivity contribution in [3.8, 4) is 0 Å². The van der Waals surface area contributed by atoms with E-state index in [1.165, 1.54) is 0 Å². The summed E-state index contributed by atoms with van der Waals surface area (Å²) in [6.07, 6.45) is 4.86. The van der Waals surface area contributed by atoms with Crippen LogP contribution in [0.25, 0.3) is 0 Å². The fraction of sp³-hybridized carbons (Fsp3) is 0.556. The predicted molar refractivity (Wildman–Crippen MR) is 88.7 cm³/mol. The molecular weight excluding hydrogens is 290 g/mol. The molecule has 124 valence electrons. The molecule has 2 unspecified atom stereocenters. The van der Waals surface area contributed by atoms with Crippen LogP contribution >= 0.6 is 0 Å². The van der Waals surface area contributed by atoms with Gasteiger partial charge < -0.3 is 16.0 Å². The molecule has 1 aliphatic carbocycles. The van der Waals surface area contributed by atoms with Crippen LogP contribution in [0.2, 0.25) is 0 Å². The lowest BCUT2D eigenvalue weighted by molar-refractivity contribution is -0.128. The average Bonchev–Trinajstić information content (AvgIpc) is 3.17. The standard InChI is InChI=1S/C18H25N3O2/c19-11-15-3-1-4-16(15)20-18(23)14-8-6-13(7-9-14)12-21-10-2-5-17(21)22/h6-9,15-16H,1-5,10-12,19H2,(H,20,23). The lowest BCUT2D eigenvalue weighted by Gasteiger charge is -2.19. The molecule has 5 nitrogen and oxygen atoms in total. The predicted octanol–water partition coefficient (Wildman–Crippen LogP) is 1.67. The zero-order valence-electron chi connectivity index (χ0n) is 13.5. The lowest BCUT2D eigenvalue weighted by Crippen LogP contribution is -2.39. The van der Waals surface area contributed by atoms with Crippen LogP contribution in [-0.2, 0) is 11.3 Å². The maximum Gasteiger partial charge on any atom is 0.251 e. The molecule has 0 aromatic heterocycles. The second kappa shape index (κ2) is 7.13. The molecule has 0 bridgehead atoms. The zero-order chi connectivity index (χ0) is 16.2. The molecule has 1 saturated carbocycles. The SMILES string of the molecule is NCC1CCCC1NC(=O)c1ccc(CN2CCCC2=O)cc1. The van der Waals surface area contributed by atoms with Crippen molar-refractivity contribution >= 4 is 11.8 Å². The van der Waals surface area contributed by atoms with Gasteiger partial charge in [0.25, 0.3) is 5.91 Å². The minimum absolute atomic E-state index is 0.0286. The van der Waals surface area contributed by atoms with Gasteiger partial charge in [0.1, 0.15) is 0 Å². The first-order chi connectivity index (χ1) is 11.2. The first kappa shape index (κ1) is 16.0. The summed E-state index contributed by atoms with van der Waals surface area (Å²) in [6, 6.07) is 7.77. The molecule has 2 amide bonds. The molecule has 1 saturated heterocycles. The van der Waals surface area contributed by atoms with Gasteiger partial charge in [-0.05, 0) is 49.4 Å². The topological polar surface area (TPSA) is 75.4 Å². The Hall–Kier alpha value is -1.88. The summed E-state index contributed by atoms with van der Waals surface area (Å²) >= 11 is 0. The number of hydrogen-bond donors (Lipinski definition) is 2. The van der Waals surface area contributed by atoms with Gasteiger partial charge in [-0.25, -0.2) is 0 Å². The van der Waals surface area contributed by atoms with E-state index in [1.54, 1.807) is 0 Å². The highest BCUT2D eigenvalue weighted by Crippen LogP contribution is 2.25. The highest BCUT2D eigenvalue weighted by Gasteiger charge is 2.27. The number of carbonyl (C=O) groups is 2. The van der Waals surface area contributed by atoms with Crippen molar-refractivity contribution in [1.29, 1.82) is 0 Å². The van der Waals surface area contributed by atoms with Gasteiger partial charge in [0, 0.05) is 31.1 Å². The number of hydrogen-bond acceptors (Lipinski definition) is 3. The van der Waals surface area contributed by atoms with Crippen LogP contribution in [0, 0.1) is 5.92 Å². The maximum absolute atomic E-state index is 12.4. The average molecular weight is 315 g/mol. The molecule has 1 aromatic carbocycles. The monoisotopic (exact) mass is 315 g/mol. The summed E-state index contributed by atoms with van der Waals surface area (Å²) in [5.41, 5.74) is 7.50. The Morgan fingerprint density at radius 3 is 2.65 bits per heavy atom. The van der Waals surface area contributed by atoms with Gasteiger partial charge in [0.15, 0.2) is 0 Å². The Kier molecular flexibility index (Phi) is 4.96. The minimum Gasteiger partial charge on any atom is -0.349 e. The third-order valence-electron chi connectivity index (χ3n) is 5.04. The molecule has 23 heavy (non-hydrogen) atoms. The second-order valence-electron chi connectivity index (χ2n) is 6.62. The number of rotatable bonds is 5. The van der Waals surface area contributed by atoms with E-state index in [0.717, 1.165) is 37.8 Å². The van der Waals surface area contributed by atoms with Crippen molar-refractivity contribution in [2.24, 2.45) is 11.7 Å². The van der Waals surface area contributed by atoms with Crippen molar-refractivity contribution in [1.82, 2.24) is 10.2 Å². The number of nitrogens with two attached hydrogens (primary N) is 1. The second-order valence-corrected chi connectivity index (χ2v) is 6.62. The van der Waals surface area contributed by atoms with E-state index in [0.29, 0.717) is 31.0 Å². The van der Waals surface area contributed by atoms with Crippen molar-refractivity contribution in [2.75, 3.05) is 13.1 Å². The van der Waals surface area contributed by atoms with Crippen molar-refractivity contribution in [3.63, 3.8) is 0 Å². The third-order valence-corrected chi connectivity index (χ3v) is 5.04. The number of benzene rings is 1. The number of nitrogens with one attached hydrogen (secondary N) is 1. The van der Waals surface area contributed by atoms with Gasteiger partial charge in [0.05, 0.1) is 0 Å². The molecule has 5 heteroatoms. The van der Waals surface area contributed by atoms with Crippen molar-refractivity contribution in [2.45, 2.75) is 44.7 Å². The number of carbonyl (C=O) groups excluding carboxylic acids is 2. The Balaban J connectivity index is 1.58. The highest BCUT2D eigenvalue weighted by atomic mass is 16.2. The maximum atomic E-state index is 12.4. The van der Waals surface area contributed by atoms with E-state index in [4.69, 9.17) is 5.73 Å². The Morgan fingerprint density at radius 1 is 1.22 bits per heavy atom. The lowest BCUT2D eigenvalue weighted by atomic mass is 10.0. The van der Waals surface area contributed by atoms with E-state index in [-0.39, 0.29) is 17.9 Å². The van der Waals surface area contributed by atoms with Gasteiger partial charge in [-0.3, -0.25) is 9.59 Å². The summed E-state index contributed by atoms with van der Waals surface area (Å²) in [5, 5.41) is 3.11. The van der Waals surface area contributed by atoms with Crippen molar-refractivity contribution < 1.29 is 9.59 Å². The molecule has 1 aliphatic heterocycles. The van der Waals surface area contributed by atoms with Crippen molar-refractivity contribution in [3.05, 3.63) is 35.4 Å². The quantitative estimate of drug-likeness (QED) is 0.868. The summed E-state index contributed by atoms with van der Waals surface area (Å²) in [4.78, 5) is 25.9. The van der Waals surface area contributed by atoms with Crippen LogP contribution in [0.3, 0.4) is 0 Å². The van der Waals surface area contributed by atoms with Gasteiger partial charge in [0.2, 0.25) is 5.91 Å². The minimum atomic E-state index is -0.0286. The number of nitrogens with zero attached hydrogens (tertiary/aromatic N) is 1. The van der Waals surface area contributed by atoms with Gasteiger partial charge in [-0.2, -0.15) is 0 Å². The largest absolute Gasteiger partial charge is 0.349 e. The van der Waals surface area contributed by atoms with E-state index in [1.807, 2.05) is 29.2 Å². The van der Waals surface area contributed by atoms with E-state index in [2.05, 4.69) is 5.32 Å². The molecule has 1 aromatic rings. The van der Waals surface area contributed by atoms with E-state index >= 15 is 0 Å². The molecule has 2 aliphatic rings. The fourth-order valence-corrected chi connectivity index (χ4v) is 3.61. The van der Waals surface area contributed by atoms with Crippen LogP contribution in [0.4, 0.5) is 0 Å². The van der Waals surface area contributed by atoms with Gasteiger partial charge in [-0.15, -0.1) is 0 Å². The van der Waals surface area contributed by atoms with Crippen LogP contribution < -0.4 is 11.1 Å². The van der Waals surface area contributed by atoms with Gasteiger partial charge in [-0.1, -0.05) is 18.6 Å². The molecule has 3 rings (SSSR count). The summed E-state index contributed by atoms with van der Waals surface area (Å²) < 4.78 is 0. The molecular formula is C18H25N3O2. The summed E-state index contributed by atoms with van der Waals surface area (Å²) in [7, 11) is 0. The third kappa shape index (κ3) is 3.72. The smallest absolute Gasteiger partial charge is 0.251 e. The van der Waals surface area contributed by atoms with E-state index < -0.39 is 0 Å². The first-order valence-electron chi connectivity index (χ1n) is 8.55.